The summed E-state index contributed by atoms with van der Waals surface area (Å²) in [5.41, 5.74) is 3.92. The van der Waals surface area contributed by atoms with Crippen molar-refractivity contribution < 1.29 is 4.79 Å². The van der Waals surface area contributed by atoms with Crippen molar-refractivity contribution in [3.63, 3.8) is 0 Å². The molecule has 2 nitrogen and oxygen atoms in total. The lowest BCUT2D eigenvalue weighted by molar-refractivity contribution is 0.111. The molecule has 100 valence electrons. The first-order valence-electron chi connectivity index (χ1n) is 6.15. The monoisotopic (exact) mass is 295 g/mol. The third-order valence-electron chi connectivity index (χ3n) is 3.25. The summed E-state index contributed by atoms with van der Waals surface area (Å²) in [5.74, 6) is 0. The van der Waals surface area contributed by atoms with Crippen LogP contribution in [0.3, 0.4) is 0 Å². The zero-order valence-corrected chi connectivity index (χ0v) is 12.4. The first kappa shape index (κ1) is 14.2. The van der Waals surface area contributed by atoms with Crippen molar-refractivity contribution in [2.45, 2.75) is 26.8 Å². The molecule has 2 aromatic rings. The van der Waals surface area contributed by atoms with Crippen LogP contribution in [0.2, 0.25) is 10.0 Å². The highest BCUT2D eigenvalue weighted by Crippen LogP contribution is 2.24. The van der Waals surface area contributed by atoms with Crippen LogP contribution in [0.4, 0.5) is 0 Å². The second kappa shape index (κ2) is 5.81. The lowest BCUT2D eigenvalue weighted by atomic mass is 10.2. The van der Waals surface area contributed by atoms with E-state index in [1.807, 2.05) is 30.5 Å². The van der Waals surface area contributed by atoms with Crippen LogP contribution in [0, 0.1) is 6.92 Å². The Bertz CT molecular complexity index is 617. The fourth-order valence-corrected chi connectivity index (χ4v) is 2.54. The normalized spacial score (nSPS) is 10.7. The van der Waals surface area contributed by atoms with Gasteiger partial charge >= 0.3 is 0 Å². The van der Waals surface area contributed by atoms with Gasteiger partial charge in [0, 0.05) is 12.2 Å². The molecule has 0 saturated heterocycles. The molecule has 0 spiro atoms. The van der Waals surface area contributed by atoms with Crippen molar-refractivity contribution in [2.75, 3.05) is 0 Å². The van der Waals surface area contributed by atoms with Gasteiger partial charge in [-0.05, 0) is 42.7 Å². The van der Waals surface area contributed by atoms with Gasteiger partial charge in [-0.2, -0.15) is 0 Å². The first-order valence-corrected chi connectivity index (χ1v) is 6.90. The summed E-state index contributed by atoms with van der Waals surface area (Å²) in [4.78, 5) is 11.3. The number of aromatic nitrogens is 1. The molecule has 0 aliphatic heterocycles. The molecular formula is C15H15Cl2NO. The van der Waals surface area contributed by atoms with Gasteiger partial charge in [0.25, 0.3) is 0 Å². The first-order chi connectivity index (χ1) is 9.06. The van der Waals surface area contributed by atoms with Crippen LogP contribution in [0.25, 0.3) is 0 Å². The second-order valence-electron chi connectivity index (χ2n) is 4.50. The highest BCUT2D eigenvalue weighted by atomic mass is 35.5. The van der Waals surface area contributed by atoms with E-state index in [9.17, 15) is 4.79 Å². The van der Waals surface area contributed by atoms with Crippen molar-refractivity contribution in [2.24, 2.45) is 0 Å². The Balaban J connectivity index is 2.40. The average molecular weight is 296 g/mol. The summed E-state index contributed by atoms with van der Waals surface area (Å²) in [7, 11) is 0. The van der Waals surface area contributed by atoms with E-state index in [1.165, 1.54) is 0 Å². The predicted octanol–water partition coefficient (Wildman–Crippen LogP) is 4.53. The minimum atomic E-state index is 0.535. The van der Waals surface area contributed by atoms with Gasteiger partial charge in [0.05, 0.1) is 15.7 Å². The topological polar surface area (TPSA) is 22.0 Å². The highest BCUT2D eigenvalue weighted by Gasteiger charge is 2.11. The zero-order chi connectivity index (χ0) is 14.0. The van der Waals surface area contributed by atoms with Gasteiger partial charge in [-0.15, -0.1) is 0 Å². The van der Waals surface area contributed by atoms with Crippen LogP contribution in [0.1, 0.15) is 34.2 Å². The van der Waals surface area contributed by atoms with Gasteiger partial charge in [0.15, 0.2) is 6.29 Å². The Hall–Kier alpha value is -1.25. The molecule has 0 N–H and O–H groups in total. The van der Waals surface area contributed by atoms with Crippen LogP contribution < -0.4 is 0 Å². The zero-order valence-electron chi connectivity index (χ0n) is 10.9. The largest absolute Gasteiger partial charge is 0.338 e. The third-order valence-corrected chi connectivity index (χ3v) is 3.98. The van der Waals surface area contributed by atoms with Gasteiger partial charge in [-0.1, -0.05) is 36.2 Å². The Morgan fingerprint density at radius 2 is 1.95 bits per heavy atom. The van der Waals surface area contributed by atoms with Crippen LogP contribution >= 0.6 is 23.2 Å². The number of aldehydes is 1. The SMILES string of the molecule is CCc1cc(C)n(Cc2ccc(Cl)c(Cl)c2)c1C=O. The van der Waals surface area contributed by atoms with Crippen LogP contribution in [-0.2, 0) is 13.0 Å². The van der Waals surface area contributed by atoms with E-state index < -0.39 is 0 Å². The second-order valence-corrected chi connectivity index (χ2v) is 5.32. The van der Waals surface area contributed by atoms with Crippen molar-refractivity contribution in [3.05, 3.63) is 56.8 Å². The Morgan fingerprint density at radius 3 is 2.53 bits per heavy atom. The standard InChI is InChI=1S/C15H15Cl2NO/c1-3-12-6-10(2)18(15(12)9-19)8-11-4-5-13(16)14(17)7-11/h4-7,9H,3,8H2,1-2H3. The summed E-state index contributed by atoms with van der Waals surface area (Å²) in [6, 6.07) is 7.60. The van der Waals surface area contributed by atoms with E-state index in [4.69, 9.17) is 23.2 Å². The number of hydrogen-bond donors (Lipinski definition) is 0. The van der Waals surface area contributed by atoms with Crippen molar-refractivity contribution in [3.8, 4) is 0 Å². The number of halogens is 2. The minimum absolute atomic E-state index is 0.535. The minimum Gasteiger partial charge on any atom is -0.338 e. The van der Waals surface area contributed by atoms with Gasteiger partial charge in [0.1, 0.15) is 0 Å². The number of carbonyl (C=O) groups excluding carboxylic acids is 1. The summed E-state index contributed by atoms with van der Waals surface area (Å²) in [6.45, 7) is 4.67. The lowest BCUT2D eigenvalue weighted by Crippen LogP contribution is -2.06. The molecule has 0 aliphatic carbocycles. The molecule has 0 unspecified atom stereocenters. The maximum Gasteiger partial charge on any atom is 0.166 e. The molecule has 1 aromatic heterocycles. The molecule has 4 heteroatoms. The molecule has 0 atom stereocenters. The fraction of sp³-hybridized carbons (Fsp3) is 0.267. The van der Waals surface area contributed by atoms with Gasteiger partial charge in [0.2, 0.25) is 0 Å². The quantitative estimate of drug-likeness (QED) is 0.760. The summed E-state index contributed by atoms with van der Waals surface area (Å²) in [5, 5.41) is 1.08. The molecule has 19 heavy (non-hydrogen) atoms. The van der Waals surface area contributed by atoms with Gasteiger partial charge in [-0.3, -0.25) is 4.79 Å². The molecule has 0 radical (unpaired) electrons. The number of hydrogen-bond acceptors (Lipinski definition) is 1. The highest BCUT2D eigenvalue weighted by molar-refractivity contribution is 6.42. The molecule has 2 rings (SSSR count). The molecule has 0 saturated carbocycles. The lowest BCUT2D eigenvalue weighted by Gasteiger charge is -2.10. The maximum atomic E-state index is 11.3. The Labute approximate surface area is 123 Å². The van der Waals surface area contributed by atoms with Crippen molar-refractivity contribution in [1.29, 1.82) is 0 Å². The molecule has 0 amide bonds. The maximum absolute atomic E-state index is 11.3. The number of carbonyl (C=O) groups is 1. The third kappa shape index (κ3) is 2.85. The molecule has 0 fully saturated rings. The van der Waals surface area contributed by atoms with E-state index in [0.29, 0.717) is 16.6 Å². The van der Waals surface area contributed by atoms with Gasteiger partial charge in [-0.25, -0.2) is 0 Å². The van der Waals surface area contributed by atoms with Crippen LogP contribution in [0.5, 0.6) is 0 Å². The van der Waals surface area contributed by atoms with Crippen molar-refractivity contribution in [1.82, 2.24) is 4.57 Å². The number of nitrogens with zero attached hydrogens (tertiary/aromatic N) is 1. The molecular weight excluding hydrogens is 281 g/mol. The molecule has 1 aromatic carbocycles. The van der Waals surface area contributed by atoms with E-state index in [2.05, 4.69) is 6.07 Å². The van der Waals surface area contributed by atoms with E-state index in [-0.39, 0.29) is 0 Å². The van der Waals surface area contributed by atoms with Crippen LogP contribution in [0.15, 0.2) is 24.3 Å². The molecule has 0 bridgehead atoms. The Kier molecular flexibility index (Phi) is 4.33. The average Bonchev–Trinajstić information content (AvgIpc) is 2.70. The summed E-state index contributed by atoms with van der Waals surface area (Å²) in [6.07, 6.45) is 1.77. The molecule has 1 heterocycles. The molecule has 0 aliphatic rings. The number of rotatable bonds is 4. The van der Waals surface area contributed by atoms with E-state index >= 15 is 0 Å². The Morgan fingerprint density at radius 1 is 1.21 bits per heavy atom. The van der Waals surface area contributed by atoms with E-state index in [0.717, 1.165) is 35.2 Å². The van der Waals surface area contributed by atoms with Crippen molar-refractivity contribution >= 4 is 29.5 Å². The number of aryl methyl sites for hydroxylation is 2. The van der Waals surface area contributed by atoms with Crippen LogP contribution in [-0.4, -0.2) is 10.9 Å². The summed E-state index contributed by atoms with van der Waals surface area (Å²) < 4.78 is 2.01. The number of benzene rings is 1. The smallest absolute Gasteiger partial charge is 0.166 e. The fourth-order valence-electron chi connectivity index (χ4n) is 2.22. The van der Waals surface area contributed by atoms with E-state index in [1.54, 1.807) is 6.07 Å². The summed E-state index contributed by atoms with van der Waals surface area (Å²) >= 11 is 11.9. The predicted molar refractivity (Wildman–Crippen MR) is 79.5 cm³/mol. The van der Waals surface area contributed by atoms with Gasteiger partial charge < -0.3 is 4.57 Å².